The summed E-state index contributed by atoms with van der Waals surface area (Å²) >= 11 is 0. The van der Waals surface area contributed by atoms with Gasteiger partial charge < -0.3 is 14.6 Å². The average Bonchev–Trinajstić information content (AvgIpc) is 2.59. The molecule has 1 aliphatic rings. The Morgan fingerprint density at radius 3 is 2.80 bits per heavy atom. The monoisotopic (exact) mass is 209 g/mol. The third-order valence-corrected chi connectivity index (χ3v) is 2.84. The summed E-state index contributed by atoms with van der Waals surface area (Å²) in [5.41, 5.74) is -0.236. The molecule has 15 heavy (non-hydrogen) atoms. The van der Waals surface area contributed by atoms with Crippen LogP contribution in [0.1, 0.15) is 23.8 Å². The number of carbonyl (C=O) groups is 1. The largest absolute Gasteiger partial charge is 0.386 e. The Hall–Kier alpha value is -1.36. The van der Waals surface area contributed by atoms with E-state index in [0.717, 1.165) is 0 Å². The summed E-state index contributed by atoms with van der Waals surface area (Å²) in [4.78, 5) is 17.4. The number of hydrogen-bond acceptors (Lipinski definition) is 3. The van der Waals surface area contributed by atoms with Gasteiger partial charge in [0.2, 0.25) is 0 Å². The molecule has 1 aliphatic heterocycles. The Morgan fingerprint density at radius 2 is 2.33 bits per heavy atom. The van der Waals surface area contributed by atoms with E-state index in [0.29, 0.717) is 25.2 Å². The number of aromatic nitrogens is 2. The minimum Gasteiger partial charge on any atom is -0.386 e. The van der Waals surface area contributed by atoms with Gasteiger partial charge in [-0.1, -0.05) is 6.92 Å². The van der Waals surface area contributed by atoms with Crippen LogP contribution in [0.4, 0.5) is 0 Å². The zero-order chi connectivity index (χ0) is 11.1. The Balaban J connectivity index is 2.00. The molecule has 1 N–H and O–H groups in total. The van der Waals surface area contributed by atoms with Crippen molar-refractivity contribution in [1.82, 2.24) is 14.5 Å². The number of carbonyl (C=O) groups excluding carboxylic acids is 1. The third-order valence-electron chi connectivity index (χ3n) is 2.84. The van der Waals surface area contributed by atoms with Crippen molar-refractivity contribution in [2.45, 2.75) is 18.9 Å². The van der Waals surface area contributed by atoms with Crippen molar-refractivity contribution in [3.05, 3.63) is 18.2 Å². The number of imidazole rings is 1. The molecule has 5 nitrogen and oxygen atoms in total. The number of amides is 1. The minimum absolute atomic E-state index is 0.103. The zero-order valence-electron chi connectivity index (χ0n) is 8.97. The van der Waals surface area contributed by atoms with Gasteiger partial charge in [0.05, 0.1) is 25.0 Å². The SMILES string of the molecule is CCC1(O)CN(C(=O)c2cn(C)cn2)C1. The van der Waals surface area contributed by atoms with Crippen molar-refractivity contribution in [3.8, 4) is 0 Å². The van der Waals surface area contributed by atoms with Crippen molar-refractivity contribution >= 4 is 5.91 Å². The van der Waals surface area contributed by atoms with E-state index in [1.807, 2.05) is 14.0 Å². The summed E-state index contributed by atoms with van der Waals surface area (Å²) < 4.78 is 1.74. The molecule has 0 bridgehead atoms. The second kappa shape index (κ2) is 3.34. The van der Waals surface area contributed by atoms with E-state index < -0.39 is 5.60 Å². The van der Waals surface area contributed by atoms with Gasteiger partial charge in [0.15, 0.2) is 0 Å². The molecule has 0 unspecified atom stereocenters. The molecule has 0 radical (unpaired) electrons. The van der Waals surface area contributed by atoms with Crippen LogP contribution >= 0.6 is 0 Å². The Labute approximate surface area is 88.3 Å². The van der Waals surface area contributed by atoms with E-state index >= 15 is 0 Å². The smallest absolute Gasteiger partial charge is 0.274 e. The van der Waals surface area contributed by atoms with E-state index in [1.165, 1.54) is 0 Å². The van der Waals surface area contributed by atoms with Crippen LogP contribution in [0.2, 0.25) is 0 Å². The molecule has 0 saturated carbocycles. The summed E-state index contributed by atoms with van der Waals surface area (Å²) in [6.07, 6.45) is 3.96. The number of rotatable bonds is 2. The standard InChI is InChI=1S/C10H15N3O2/c1-3-10(15)5-13(6-10)9(14)8-4-12(2)7-11-8/h4,7,15H,3,5-6H2,1-2H3. The van der Waals surface area contributed by atoms with E-state index in [2.05, 4.69) is 4.98 Å². The van der Waals surface area contributed by atoms with Crippen molar-refractivity contribution in [2.24, 2.45) is 7.05 Å². The van der Waals surface area contributed by atoms with E-state index in [-0.39, 0.29) is 5.91 Å². The predicted octanol–water partition coefficient (Wildman–Crippen LogP) is 0.0170. The van der Waals surface area contributed by atoms with Crippen LogP contribution < -0.4 is 0 Å². The van der Waals surface area contributed by atoms with Gasteiger partial charge in [-0.05, 0) is 6.42 Å². The molecule has 1 fully saturated rings. The lowest BCUT2D eigenvalue weighted by atomic mass is 9.91. The molecule has 1 aromatic heterocycles. The van der Waals surface area contributed by atoms with E-state index in [1.54, 1.807) is 22.0 Å². The van der Waals surface area contributed by atoms with Crippen molar-refractivity contribution in [1.29, 1.82) is 0 Å². The highest BCUT2D eigenvalue weighted by Gasteiger charge is 2.42. The Kier molecular flexibility index (Phi) is 2.26. The summed E-state index contributed by atoms with van der Waals surface area (Å²) in [5, 5.41) is 9.77. The van der Waals surface area contributed by atoms with Gasteiger partial charge in [0, 0.05) is 13.2 Å². The number of aryl methyl sites for hydroxylation is 1. The van der Waals surface area contributed by atoms with Crippen molar-refractivity contribution in [2.75, 3.05) is 13.1 Å². The van der Waals surface area contributed by atoms with Gasteiger partial charge in [-0.25, -0.2) is 4.98 Å². The van der Waals surface area contributed by atoms with Crippen LogP contribution in [0.15, 0.2) is 12.5 Å². The van der Waals surface area contributed by atoms with Crippen LogP contribution in [0.3, 0.4) is 0 Å². The second-order valence-corrected chi connectivity index (χ2v) is 4.16. The van der Waals surface area contributed by atoms with Crippen LogP contribution in [0.5, 0.6) is 0 Å². The molecule has 0 spiro atoms. The Morgan fingerprint density at radius 1 is 1.67 bits per heavy atom. The first-order valence-electron chi connectivity index (χ1n) is 5.04. The number of β-amino-alcohol motifs (C(OH)–C–C–N with tert-alkyl or cyclic N) is 1. The van der Waals surface area contributed by atoms with Gasteiger partial charge in [-0.2, -0.15) is 0 Å². The molecule has 0 aromatic carbocycles. The average molecular weight is 209 g/mol. The van der Waals surface area contributed by atoms with Gasteiger partial charge in [0.1, 0.15) is 5.69 Å². The molecule has 5 heteroatoms. The lowest BCUT2D eigenvalue weighted by Gasteiger charge is -2.45. The lowest BCUT2D eigenvalue weighted by molar-refractivity contribution is -0.0828. The molecular formula is C10H15N3O2. The first kappa shape index (κ1) is 10.2. The highest BCUT2D eigenvalue weighted by molar-refractivity contribution is 5.92. The fourth-order valence-corrected chi connectivity index (χ4v) is 1.72. The van der Waals surface area contributed by atoms with E-state index in [9.17, 15) is 9.90 Å². The molecule has 1 aromatic rings. The maximum atomic E-state index is 11.8. The lowest BCUT2D eigenvalue weighted by Crippen LogP contribution is -2.63. The molecule has 1 amide bonds. The molecule has 2 rings (SSSR count). The van der Waals surface area contributed by atoms with Gasteiger partial charge in [-0.15, -0.1) is 0 Å². The first-order valence-corrected chi connectivity index (χ1v) is 5.04. The summed E-state index contributed by atoms with van der Waals surface area (Å²) in [5.74, 6) is -0.103. The van der Waals surface area contributed by atoms with Gasteiger partial charge in [-0.3, -0.25) is 4.79 Å². The van der Waals surface area contributed by atoms with Gasteiger partial charge >= 0.3 is 0 Å². The minimum atomic E-state index is -0.676. The normalized spacial score (nSPS) is 18.7. The first-order chi connectivity index (χ1) is 7.04. The maximum Gasteiger partial charge on any atom is 0.274 e. The predicted molar refractivity (Wildman–Crippen MR) is 54.4 cm³/mol. The summed E-state index contributed by atoms with van der Waals surface area (Å²) in [7, 11) is 1.82. The molecule has 1 saturated heterocycles. The molecule has 2 heterocycles. The third kappa shape index (κ3) is 1.74. The zero-order valence-corrected chi connectivity index (χ0v) is 8.97. The van der Waals surface area contributed by atoms with Crippen LogP contribution in [-0.2, 0) is 7.05 Å². The maximum absolute atomic E-state index is 11.8. The van der Waals surface area contributed by atoms with Gasteiger partial charge in [0.25, 0.3) is 5.91 Å². The highest BCUT2D eigenvalue weighted by atomic mass is 16.3. The number of nitrogens with zero attached hydrogens (tertiary/aromatic N) is 3. The fourth-order valence-electron chi connectivity index (χ4n) is 1.72. The quantitative estimate of drug-likeness (QED) is 0.747. The molecule has 82 valence electrons. The van der Waals surface area contributed by atoms with Crippen molar-refractivity contribution in [3.63, 3.8) is 0 Å². The highest BCUT2D eigenvalue weighted by Crippen LogP contribution is 2.25. The Bertz CT molecular complexity index is 380. The summed E-state index contributed by atoms with van der Waals surface area (Å²) in [6.45, 7) is 2.75. The van der Waals surface area contributed by atoms with Crippen LogP contribution in [-0.4, -0.2) is 44.2 Å². The molecular weight excluding hydrogens is 194 g/mol. The number of aliphatic hydroxyl groups is 1. The van der Waals surface area contributed by atoms with Crippen molar-refractivity contribution < 1.29 is 9.90 Å². The number of likely N-dealkylation sites (tertiary alicyclic amines) is 1. The second-order valence-electron chi connectivity index (χ2n) is 4.16. The van der Waals surface area contributed by atoms with E-state index in [4.69, 9.17) is 0 Å². The van der Waals surface area contributed by atoms with Crippen LogP contribution in [0, 0.1) is 0 Å². The van der Waals surface area contributed by atoms with Crippen LogP contribution in [0.25, 0.3) is 0 Å². The number of hydrogen-bond donors (Lipinski definition) is 1. The topological polar surface area (TPSA) is 58.4 Å². The fraction of sp³-hybridized carbons (Fsp3) is 0.600. The molecule has 0 aliphatic carbocycles. The molecule has 0 atom stereocenters. The summed E-state index contributed by atoms with van der Waals surface area (Å²) in [6, 6.07) is 0.